The lowest BCUT2D eigenvalue weighted by Crippen LogP contribution is -1.99. The Morgan fingerprint density at radius 1 is 1.50 bits per heavy atom. The fourth-order valence-corrected chi connectivity index (χ4v) is 1.15. The quantitative estimate of drug-likeness (QED) is 0.535. The molecule has 0 atom stereocenters. The first-order chi connectivity index (χ1) is 5.75. The molecule has 0 aliphatic carbocycles. The van der Waals surface area contributed by atoms with Gasteiger partial charge in [-0.15, -0.1) is 0 Å². The Hall–Kier alpha value is -1.44. The number of carbonyl (C=O) groups is 1. The van der Waals surface area contributed by atoms with Gasteiger partial charge >= 0.3 is 0 Å². The molecule has 12 heavy (non-hydrogen) atoms. The summed E-state index contributed by atoms with van der Waals surface area (Å²) in [6.45, 7) is 1.54. The lowest BCUT2D eigenvalue weighted by Gasteiger charge is -2.01. The zero-order valence-corrected chi connectivity index (χ0v) is 7.00. The Bertz CT molecular complexity index is 304. The molecule has 0 bridgehead atoms. The molecule has 0 heterocycles. The van der Waals surface area contributed by atoms with Crippen LogP contribution < -0.4 is 0 Å². The van der Waals surface area contributed by atoms with Crippen LogP contribution in [0.1, 0.15) is 22.8 Å². The van der Waals surface area contributed by atoms with E-state index in [1.165, 1.54) is 6.21 Å². The summed E-state index contributed by atoms with van der Waals surface area (Å²) in [5, 5.41) is 6.94. The van der Waals surface area contributed by atoms with Crippen molar-refractivity contribution in [3.8, 4) is 0 Å². The highest BCUT2D eigenvalue weighted by molar-refractivity contribution is 5.96. The van der Waals surface area contributed by atoms with Gasteiger partial charge in [-0.3, -0.25) is 4.79 Å². The third-order valence-electron chi connectivity index (χ3n) is 1.72. The Morgan fingerprint density at radius 2 is 2.17 bits per heavy atom. The van der Waals surface area contributed by atoms with E-state index in [9.17, 15) is 4.79 Å². The van der Waals surface area contributed by atoms with Crippen molar-refractivity contribution in [2.45, 2.75) is 13.3 Å². The molecule has 1 aromatic rings. The van der Waals surface area contributed by atoms with E-state index in [1.54, 1.807) is 13.0 Å². The van der Waals surface area contributed by atoms with Gasteiger partial charge in [-0.25, -0.2) is 0 Å². The Morgan fingerprint density at radius 3 is 2.75 bits per heavy atom. The number of nitrogens with one attached hydrogen (secondary N) is 1. The lowest BCUT2D eigenvalue weighted by atomic mass is 10.0. The molecule has 1 N–H and O–H groups in total. The highest BCUT2D eigenvalue weighted by Gasteiger charge is 2.03. The van der Waals surface area contributed by atoms with E-state index in [4.69, 9.17) is 5.41 Å². The topological polar surface area (TPSA) is 40.9 Å². The van der Waals surface area contributed by atoms with Gasteiger partial charge in [-0.2, -0.15) is 0 Å². The van der Waals surface area contributed by atoms with Crippen molar-refractivity contribution in [1.82, 2.24) is 0 Å². The summed E-state index contributed by atoms with van der Waals surface area (Å²) in [4.78, 5) is 11.1. The SMILES string of the molecule is CC(=O)c1ccccc1CC=N. The maximum atomic E-state index is 11.1. The second-order valence-corrected chi connectivity index (χ2v) is 2.62. The van der Waals surface area contributed by atoms with Crippen LogP contribution in [-0.4, -0.2) is 12.0 Å². The van der Waals surface area contributed by atoms with Gasteiger partial charge in [0.1, 0.15) is 0 Å². The van der Waals surface area contributed by atoms with E-state index in [1.807, 2.05) is 18.2 Å². The molecule has 0 saturated heterocycles. The molecule has 0 aliphatic heterocycles. The van der Waals surface area contributed by atoms with Crippen LogP contribution in [0, 0.1) is 5.41 Å². The molecule has 62 valence electrons. The molecule has 0 aliphatic rings. The van der Waals surface area contributed by atoms with Crippen LogP contribution in [0.3, 0.4) is 0 Å². The first-order valence-corrected chi connectivity index (χ1v) is 3.83. The van der Waals surface area contributed by atoms with Gasteiger partial charge in [0.25, 0.3) is 0 Å². The fraction of sp³-hybridized carbons (Fsp3) is 0.200. The van der Waals surface area contributed by atoms with Crippen LogP contribution in [0.15, 0.2) is 24.3 Å². The molecule has 2 heteroatoms. The van der Waals surface area contributed by atoms with Crippen LogP contribution >= 0.6 is 0 Å². The fourth-order valence-electron chi connectivity index (χ4n) is 1.15. The third kappa shape index (κ3) is 1.78. The Kier molecular flexibility index (Phi) is 2.75. The maximum absolute atomic E-state index is 11.1. The largest absolute Gasteiger partial charge is 0.313 e. The van der Waals surface area contributed by atoms with Gasteiger partial charge in [0.15, 0.2) is 5.78 Å². The smallest absolute Gasteiger partial charge is 0.160 e. The maximum Gasteiger partial charge on any atom is 0.160 e. The molecule has 1 rings (SSSR count). The number of Topliss-reactive ketones (excluding diaryl/α,β-unsaturated/α-hetero) is 1. The molecule has 0 fully saturated rings. The van der Waals surface area contributed by atoms with Crippen molar-refractivity contribution in [2.24, 2.45) is 0 Å². The molecule has 2 nitrogen and oxygen atoms in total. The van der Waals surface area contributed by atoms with E-state index in [0.717, 1.165) is 11.1 Å². The van der Waals surface area contributed by atoms with Gasteiger partial charge in [0.05, 0.1) is 0 Å². The van der Waals surface area contributed by atoms with Gasteiger partial charge in [0.2, 0.25) is 0 Å². The van der Waals surface area contributed by atoms with Crippen molar-refractivity contribution in [1.29, 1.82) is 5.41 Å². The van der Waals surface area contributed by atoms with Crippen LogP contribution in [-0.2, 0) is 6.42 Å². The highest BCUT2D eigenvalue weighted by Crippen LogP contribution is 2.08. The van der Waals surface area contributed by atoms with Crippen molar-refractivity contribution in [3.63, 3.8) is 0 Å². The molecular formula is C10H11NO. The van der Waals surface area contributed by atoms with Gasteiger partial charge in [0, 0.05) is 12.0 Å². The average Bonchev–Trinajstić information content (AvgIpc) is 2.05. The van der Waals surface area contributed by atoms with Crippen LogP contribution in [0.25, 0.3) is 0 Å². The zero-order chi connectivity index (χ0) is 8.97. The molecule has 0 amide bonds. The molecule has 0 spiro atoms. The van der Waals surface area contributed by atoms with E-state index >= 15 is 0 Å². The number of hydrogen-bond donors (Lipinski definition) is 1. The first-order valence-electron chi connectivity index (χ1n) is 3.83. The molecular weight excluding hydrogens is 150 g/mol. The van der Waals surface area contributed by atoms with Crippen LogP contribution in [0.2, 0.25) is 0 Å². The monoisotopic (exact) mass is 161 g/mol. The summed E-state index contributed by atoms with van der Waals surface area (Å²) >= 11 is 0. The molecule has 0 aromatic heterocycles. The predicted octanol–water partition coefficient (Wildman–Crippen LogP) is 2.08. The van der Waals surface area contributed by atoms with E-state index in [2.05, 4.69) is 0 Å². The minimum Gasteiger partial charge on any atom is -0.313 e. The molecule has 0 radical (unpaired) electrons. The Labute approximate surface area is 71.7 Å². The number of hydrogen-bond acceptors (Lipinski definition) is 2. The summed E-state index contributed by atoms with van der Waals surface area (Å²) < 4.78 is 0. The van der Waals surface area contributed by atoms with Crippen LogP contribution in [0.4, 0.5) is 0 Å². The highest BCUT2D eigenvalue weighted by atomic mass is 16.1. The summed E-state index contributed by atoms with van der Waals surface area (Å²) in [7, 11) is 0. The zero-order valence-electron chi connectivity index (χ0n) is 7.00. The van der Waals surface area contributed by atoms with Crippen molar-refractivity contribution < 1.29 is 4.79 Å². The van der Waals surface area contributed by atoms with Gasteiger partial charge in [-0.05, 0) is 18.7 Å². The Balaban J connectivity index is 3.07. The van der Waals surface area contributed by atoms with E-state index < -0.39 is 0 Å². The molecule has 0 unspecified atom stereocenters. The van der Waals surface area contributed by atoms with Gasteiger partial charge < -0.3 is 5.41 Å². The number of benzene rings is 1. The summed E-state index contributed by atoms with van der Waals surface area (Å²) in [5.74, 6) is 0.0625. The lowest BCUT2D eigenvalue weighted by molar-refractivity contribution is 0.101. The van der Waals surface area contributed by atoms with Gasteiger partial charge in [-0.1, -0.05) is 24.3 Å². The van der Waals surface area contributed by atoms with E-state index in [-0.39, 0.29) is 5.78 Å². The van der Waals surface area contributed by atoms with E-state index in [0.29, 0.717) is 6.42 Å². The van der Waals surface area contributed by atoms with Crippen molar-refractivity contribution in [3.05, 3.63) is 35.4 Å². The number of ketones is 1. The van der Waals surface area contributed by atoms with Crippen molar-refractivity contribution >= 4 is 12.0 Å². The number of rotatable bonds is 3. The summed E-state index contributed by atoms with van der Waals surface area (Å²) in [6.07, 6.45) is 1.84. The standard InChI is InChI=1S/C10H11NO/c1-8(12)10-5-3-2-4-9(10)6-7-11/h2-5,7,11H,6H2,1H3. The molecule has 1 aromatic carbocycles. The summed E-state index contributed by atoms with van der Waals surface area (Å²) in [6, 6.07) is 7.39. The minimum atomic E-state index is 0.0625. The second kappa shape index (κ2) is 3.81. The summed E-state index contributed by atoms with van der Waals surface area (Å²) in [5.41, 5.74) is 1.65. The second-order valence-electron chi connectivity index (χ2n) is 2.62. The first kappa shape index (κ1) is 8.65. The predicted molar refractivity (Wildman–Crippen MR) is 48.9 cm³/mol. The number of carbonyl (C=O) groups excluding carboxylic acids is 1. The van der Waals surface area contributed by atoms with Crippen molar-refractivity contribution in [2.75, 3.05) is 0 Å². The third-order valence-corrected chi connectivity index (χ3v) is 1.72. The van der Waals surface area contributed by atoms with Crippen LogP contribution in [0.5, 0.6) is 0 Å². The normalized spacial score (nSPS) is 9.42. The average molecular weight is 161 g/mol. The minimum absolute atomic E-state index is 0.0625. The molecule has 0 saturated carbocycles.